The summed E-state index contributed by atoms with van der Waals surface area (Å²) >= 11 is 0. The second kappa shape index (κ2) is 8.70. The minimum atomic E-state index is -3.43. The van der Waals surface area contributed by atoms with Gasteiger partial charge in [0, 0.05) is 52.4 Å². The van der Waals surface area contributed by atoms with Crippen molar-refractivity contribution in [3.8, 4) is 0 Å². The van der Waals surface area contributed by atoms with Crippen LogP contribution < -0.4 is 5.73 Å². The lowest BCUT2D eigenvalue weighted by Crippen LogP contribution is -2.62. The van der Waals surface area contributed by atoms with Crippen LogP contribution in [0.25, 0.3) is 0 Å². The van der Waals surface area contributed by atoms with E-state index in [-0.39, 0.29) is 18.3 Å². The first-order valence-electron chi connectivity index (χ1n) is 9.35. The molecule has 26 heavy (non-hydrogen) atoms. The summed E-state index contributed by atoms with van der Waals surface area (Å²) in [6.07, 6.45) is 4.63. The second-order valence-corrected chi connectivity index (χ2v) is 9.55. The number of halogens is 1. The fourth-order valence-corrected chi connectivity index (χ4v) is 5.59. The van der Waals surface area contributed by atoms with Crippen molar-refractivity contribution in [3.63, 3.8) is 0 Å². The molecule has 2 N–H and O–H groups in total. The van der Waals surface area contributed by atoms with Crippen molar-refractivity contribution in [1.82, 2.24) is 18.4 Å². The first-order chi connectivity index (χ1) is 11.8. The van der Waals surface area contributed by atoms with Crippen molar-refractivity contribution < 1.29 is 13.2 Å². The Kier molecular flexibility index (Phi) is 7.31. The van der Waals surface area contributed by atoms with Crippen LogP contribution in [0, 0.1) is 0 Å². The lowest BCUT2D eigenvalue weighted by molar-refractivity contribution is -0.139. The SMILES string of the molecule is CN1CCN(S(=O)(=O)N2CCN(C(=O)C3(N)CCCCC3)CC2)CC1.Cl. The maximum absolute atomic E-state index is 12.8. The van der Waals surface area contributed by atoms with Crippen LogP contribution in [-0.4, -0.2) is 97.7 Å². The minimum Gasteiger partial charge on any atom is -0.338 e. The summed E-state index contributed by atoms with van der Waals surface area (Å²) in [5, 5.41) is 0. The monoisotopic (exact) mass is 409 g/mol. The Balaban J connectivity index is 0.00000243. The van der Waals surface area contributed by atoms with Crippen molar-refractivity contribution in [2.24, 2.45) is 5.73 Å². The molecule has 3 aliphatic rings. The Morgan fingerprint density at radius 2 is 1.31 bits per heavy atom. The summed E-state index contributed by atoms with van der Waals surface area (Å²) in [5.74, 6) is 0.00356. The van der Waals surface area contributed by atoms with Gasteiger partial charge in [-0.05, 0) is 19.9 Å². The molecule has 2 aliphatic heterocycles. The van der Waals surface area contributed by atoms with Gasteiger partial charge in [-0.15, -0.1) is 12.4 Å². The van der Waals surface area contributed by atoms with Gasteiger partial charge in [-0.3, -0.25) is 4.79 Å². The molecule has 8 nitrogen and oxygen atoms in total. The van der Waals surface area contributed by atoms with Crippen molar-refractivity contribution in [3.05, 3.63) is 0 Å². The van der Waals surface area contributed by atoms with Gasteiger partial charge in [0.1, 0.15) is 0 Å². The van der Waals surface area contributed by atoms with E-state index in [0.717, 1.165) is 45.2 Å². The van der Waals surface area contributed by atoms with Crippen molar-refractivity contribution in [2.75, 3.05) is 59.4 Å². The molecule has 0 radical (unpaired) electrons. The molecule has 0 bridgehead atoms. The van der Waals surface area contributed by atoms with Gasteiger partial charge in [0.15, 0.2) is 0 Å². The van der Waals surface area contributed by atoms with Gasteiger partial charge in [-0.2, -0.15) is 17.0 Å². The fraction of sp³-hybridized carbons (Fsp3) is 0.938. The Morgan fingerprint density at radius 1 is 0.846 bits per heavy atom. The smallest absolute Gasteiger partial charge is 0.282 e. The molecule has 1 aliphatic carbocycles. The predicted molar refractivity (Wildman–Crippen MR) is 103 cm³/mol. The van der Waals surface area contributed by atoms with Crippen LogP contribution in [0.3, 0.4) is 0 Å². The lowest BCUT2D eigenvalue weighted by atomic mass is 9.81. The summed E-state index contributed by atoms with van der Waals surface area (Å²) in [4.78, 5) is 16.7. The predicted octanol–water partition coefficient (Wildman–Crippen LogP) is -0.294. The van der Waals surface area contributed by atoms with Gasteiger partial charge in [-0.25, -0.2) is 0 Å². The second-order valence-electron chi connectivity index (χ2n) is 7.62. The molecule has 0 spiro atoms. The molecule has 1 amide bonds. The third-order valence-corrected chi connectivity index (χ3v) is 7.85. The normalized spacial score (nSPS) is 26.3. The maximum atomic E-state index is 12.8. The lowest BCUT2D eigenvalue weighted by Gasteiger charge is -2.42. The zero-order valence-electron chi connectivity index (χ0n) is 15.6. The molecule has 2 heterocycles. The molecular weight excluding hydrogens is 378 g/mol. The molecule has 3 rings (SSSR count). The van der Waals surface area contributed by atoms with E-state index >= 15 is 0 Å². The third kappa shape index (κ3) is 4.51. The highest BCUT2D eigenvalue weighted by molar-refractivity contribution is 7.86. The number of piperazine rings is 2. The maximum Gasteiger partial charge on any atom is 0.282 e. The molecule has 1 saturated carbocycles. The summed E-state index contributed by atoms with van der Waals surface area (Å²) in [6, 6.07) is 0. The standard InChI is InChI=1S/C16H31N5O3S.ClH/c1-18-7-11-20(12-8-18)25(23,24)21-13-9-19(10-14-21)15(22)16(17)5-3-2-4-6-16;/h2-14,17H2,1H3;1H. The van der Waals surface area contributed by atoms with E-state index in [2.05, 4.69) is 4.90 Å². The van der Waals surface area contributed by atoms with E-state index in [4.69, 9.17) is 5.73 Å². The van der Waals surface area contributed by atoms with Crippen molar-refractivity contribution >= 4 is 28.5 Å². The Hall–Kier alpha value is -0.450. The van der Waals surface area contributed by atoms with Crippen LogP contribution in [0.2, 0.25) is 0 Å². The average molecular weight is 410 g/mol. The van der Waals surface area contributed by atoms with E-state index in [0.29, 0.717) is 39.3 Å². The molecule has 0 unspecified atom stereocenters. The van der Waals surface area contributed by atoms with Crippen LogP contribution in [0.5, 0.6) is 0 Å². The van der Waals surface area contributed by atoms with Gasteiger partial charge in [0.25, 0.3) is 10.2 Å². The van der Waals surface area contributed by atoms with Gasteiger partial charge >= 0.3 is 0 Å². The highest BCUT2D eigenvalue weighted by atomic mass is 35.5. The molecule has 2 saturated heterocycles. The van der Waals surface area contributed by atoms with E-state index in [1.807, 2.05) is 7.05 Å². The number of likely N-dealkylation sites (N-methyl/N-ethyl adjacent to an activating group) is 1. The van der Waals surface area contributed by atoms with E-state index in [1.54, 1.807) is 9.21 Å². The number of amides is 1. The Morgan fingerprint density at radius 3 is 1.81 bits per heavy atom. The van der Waals surface area contributed by atoms with Crippen LogP contribution in [0.1, 0.15) is 32.1 Å². The van der Waals surface area contributed by atoms with Crippen LogP contribution in [-0.2, 0) is 15.0 Å². The van der Waals surface area contributed by atoms with Gasteiger partial charge in [0.2, 0.25) is 5.91 Å². The Labute approximate surface area is 163 Å². The summed E-state index contributed by atoms with van der Waals surface area (Å²) in [5.41, 5.74) is 5.61. The molecular formula is C16H32ClN5O3S. The number of hydrogen-bond donors (Lipinski definition) is 1. The molecule has 0 aromatic heterocycles. The minimum absolute atomic E-state index is 0. The number of carbonyl (C=O) groups excluding carboxylic acids is 1. The van der Waals surface area contributed by atoms with E-state index in [9.17, 15) is 13.2 Å². The number of carbonyl (C=O) groups is 1. The topological polar surface area (TPSA) is 90.2 Å². The Bertz CT molecular complexity index is 581. The van der Waals surface area contributed by atoms with Crippen LogP contribution in [0.15, 0.2) is 0 Å². The quantitative estimate of drug-likeness (QED) is 0.691. The molecule has 152 valence electrons. The van der Waals surface area contributed by atoms with E-state index < -0.39 is 15.7 Å². The first-order valence-corrected chi connectivity index (χ1v) is 10.7. The first kappa shape index (κ1) is 21.8. The number of nitrogens with zero attached hydrogens (tertiary/aromatic N) is 4. The molecule has 3 fully saturated rings. The third-order valence-electron chi connectivity index (χ3n) is 5.81. The number of hydrogen-bond acceptors (Lipinski definition) is 5. The van der Waals surface area contributed by atoms with Crippen LogP contribution in [0.4, 0.5) is 0 Å². The summed E-state index contributed by atoms with van der Waals surface area (Å²) < 4.78 is 28.7. The van der Waals surface area contributed by atoms with Gasteiger partial charge in [-0.1, -0.05) is 19.3 Å². The molecule has 10 heteroatoms. The zero-order chi connectivity index (χ0) is 18.1. The van der Waals surface area contributed by atoms with Crippen LogP contribution >= 0.6 is 12.4 Å². The largest absolute Gasteiger partial charge is 0.338 e. The van der Waals surface area contributed by atoms with Crippen molar-refractivity contribution in [2.45, 2.75) is 37.6 Å². The molecule has 0 atom stereocenters. The number of rotatable bonds is 3. The summed E-state index contributed by atoms with van der Waals surface area (Å²) in [6.45, 7) is 4.16. The fourth-order valence-electron chi connectivity index (χ4n) is 4.02. The zero-order valence-corrected chi connectivity index (χ0v) is 17.2. The van der Waals surface area contributed by atoms with E-state index in [1.165, 1.54) is 4.31 Å². The summed E-state index contributed by atoms with van der Waals surface area (Å²) in [7, 11) is -1.42. The highest BCUT2D eigenvalue weighted by Gasteiger charge is 2.41. The van der Waals surface area contributed by atoms with Gasteiger partial charge in [0.05, 0.1) is 5.54 Å². The molecule has 0 aromatic carbocycles. The average Bonchev–Trinajstić information content (AvgIpc) is 2.62. The number of nitrogens with two attached hydrogens (primary N) is 1. The van der Waals surface area contributed by atoms with Crippen molar-refractivity contribution in [1.29, 1.82) is 0 Å². The molecule has 0 aromatic rings. The van der Waals surface area contributed by atoms with Gasteiger partial charge < -0.3 is 15.5 Å². The highest BCUT2D eigenvalue weighted by Crippen LogP contribution is 2.28.